The molecule has 1 fully saturated rings. The van der Waals surface area contributed by atoms with Crippen molar-refractivity contribution >= 4 is 21.6 Å². The lowest BCUT2D eigenvalue weighted by Crippen LogP contribution is -2.55. The van der Waals surface area contributed by atoms with Crippen LogP contribution in [0.25, 0.3) is 0 Å². The van der Waals surface area contributed by atoms with Crippen LogP contribution in [-0.2, 0) is 14.8 Å². The molecule has 1 N–H and O–H groups in total. The summed E-state index contributed by atoms with van der Waals surface area (Å²) in [7, 11) is -3.73. The molecule has 124 valence electrons. The molecule has 1 aliphatic heterocycles. The van der Waals surface area contributed by atoms with Gasteiger partial charge in [-0.3, -0.25) is 4.90 Å². The summed E-state index contributed by atoms with van der Waals surface area (Å²) in [6.07, 6.45) is 0. The van der Waals surface area contributed by atoms with E-state index in [-0.39, 0.29) is 22.0 Å². The molecule has 1 aromatic rings. The smallest absolute Gasteiger partial charge is 0.240 e. The standard InChI is InChI=1S/C14H20ClFN2O3S/c1-14(2,18-5-7-21-8-6-18)10-17-22(19,20)11-3-4-13(16)12(15)9-11/h3-4,9,17H,5-8,10H2,1-2H3. The van der Waals surface area contributed by atoms with Gasteiger partial charge in [0.2, 0.25) is 10.0 Å². The molecule has 0 saturated carbocycles. The second-order valence-electron chi connectivity index (χ2n) is 5.81. The molecule has 8 heteroatoms. The van der Waals surface area contributed by atoms with Gasteiger partial charge >= 0.3 is 0 Å². The molecule has 0 bridgehead atoms. The number of hydrogen-bond donors (Lipinski definition) is 1. The van der Waals surface area contributed by atoms with Gasteiger partial charge in [0.05, 0.1) is 23.1 Å². The van der Waals surface area contributed by atoms with Gasteiger partial charge in [0, 0.05) is 25.2 Å². The lowest BCUT2D eigenvalue weighted by molar-refractivity contribution is -0.00803. The Morgan fingerprint density at radius 1 is 1.36 bits per heavy atom. The van der Waals surface area contributed by atoms with Gasteiger partial charge in [-0.2, -0.15) is 0 Å². The zero-order chi connectivity index (χ0) is 16.4. The topological polar surface area (TPSA) is 58.6 Å². The van der Waals surface area contributed by atoms with Crippen LogP contribution in [0.1, 0.15) is 13.8 Å². The van der Waals surface area contributed by atoms with Gasteiger partial charge in [0.15, 0.2) is 0 Å². The summed E-state index contributed by atoms with van der Waals surface area (Å²) in [4.78, 5) is 2.13. The SMILES string of the molecule is CC(C)(CNS(=O)(=O)c1ccc(F)c(Cl)c1)N1CCOCC1. The van der Waals surface area contributed by atoms with Crippen LogP contribution >= 0.6 is 11.6 Å². The lowest BCUT2D eigenvalue weighted by Gasteiger charge is -2.40. The Balaban J connectivity index is 2.06. The van der Waals surface area contributed by atoms with Crippen LogP contribution in [0, 0.1) is 5.82 Å². The van der Waals surface area contributed by atoms with Crippen molar-refractivity contribution in [3.05, 3.63) is 29.0 Å². The number of ether oxygens (including phenoxy) is 1. The fraction of sp³-hybridized carbons (Fsp3) is 0.571. The van der Waals surface area contributed by atoms with Crippen molar-refractivity contribution in [1.29, 1.82) is 0 Å². The molecule has 0 radical (unpaired) electrons. The van der Waals surface area contributed by atoms with E-state index >= 15 is 0 Å². The highest BCUT2D eigenvalue weighted by Gasteiger charge is 2.30. The highest BCUT2D eigenvalue weighted by Crippen LogP contribution is 2.20. The Bertz CT molecular complexity index is 631. The summed E-state index contributed by atoms with van der Waals surface area (Å²) in [6, 6.07) is 3.36. The summed E-state index contributed by atoms with van der Waals surface area (Å²) < 4.78 is 45.6. The van der Waals surface area contributed by atoms with Crippen LogP contribution in [0.5, 0.6) is 0 Å². The van der Waals surface area contributed by atoms with E-state index in [1.807, 2.05) is 13.8 Å². The molecule has 0 atom stereocenters. The first kappa shape index (κ1) is 17.6. The van der Waals surface area contributed by atoms with Crippen LogP contribution in [-0.4, -0.2) is 51.7 Å². The molecule has 0 spiro atoms. The third-order valence-electron chi connectivity index (χ3n) is 3.76. The van der Waals surface area contributed by atoms with E-state index in [1.54, 1.807) is 0 Å². The Kier molecular flexibility index (Phi) is 5.45. The first-order chi connectivity index (χ1) is 10.2. The van der Waals surface area contributed by atoms with Crippen LogP contribution < -0.4 is 4.72 Å². The third-order valence-corrected chi connectivity index (χ3v) is 5.45. The fourth-order valence-electron chi connectivity index (χ4n) is 2.28. The Morgan fingerprint density at radius 2 is 2.00 bits per heavy atom. The number of nitrogens with zero attached hydrogens (tertiary/aromatic N) is 1. The number of sulfonamides is 1. The summed E-state index contributed by atoms with van der Waals surface area (Å²) >= 11 is 5.64. The largest absolute Gasteiger partial charge is 0.379 e. The van der Waals surface area contributed by atoms with Crippen molar-refractivity contribution < 1.29 is 17.5 Å². The minimum Gasteiger partial charge on any atom is -0.379 e. The predicted molar refractivity (Wildman–Crippen MR) is 83.1 cm³/mol. The zero-order valence-corrected chi connectivity index (χ0v) is 14.2. The van der Waals surface area contributed by atoms with Gasteiger partial charge in [-0.25, -0.2) is 17.5 Å². The first-order valence-corrected chi connectivity index (χ1v) is 8.86. The number of benzene rings is 1. The second kappa shape index (κ2) is 6.80. The van der Waals surface area contributed by atoms with E-state index in [2.05, 4.69) is 9.62 Å². The molecule has 5 nitrogen and oxygen atoms in total. The Labute approximate surface area is 135 Å². The van der Waals surface area contributed by atoms with Crippen molar-refractivity contribution in [2.45, 2.75) is 24.3 Å². The summed E-state index contributed by atoms with van der Waals surface area (Å²) in [6.45, 7) is 6.99. The number of hydrogen-bond acceptors (Lipinski definition) is 4. The van der Waals surface area contributed by atoms with E-state index < -0.39 is 15.8 Å². The quantitative estimate of drug-likeness (QED) is 0.880. The molecule has 0 amide bonds. The maximum atomic E-state index is 13.1. The molecule has 1 aliphatic rings. The molecule has 0 unspecified atom stereocenters. The van der Waals surface area contributed by atoms with Crippen LogP contribution in [0.4, 0.5) is 4.39 Å². The van der Waals surface area contributed by atoms with Crippen LogP contribution in [0.15, 0.2) is 23.1 Å². The van der Waals surface area contributed by atoms with Crippen molar-refractivity contribution in [1.82, 2.24) is 9.62 Å². The Morgan fingerprint density at radius 3 is 2.59 bits per heavy atom. The molecular formula is C14H20ClFN2O3S. The van der Waals surface area contributed by atoms with E-state index in [4.69, 9.17) is 16.3 Å². The highest BCUT2D eigenvalue weighted by atomic mass is 35.5. The maximum absolute atomic E-state index is 13.1. The van der Waals surface area contributed by atoms with Crippen molar-refractivity contribution in [3.63, 3.8) is 0 Å². The zero-order valence-electron chi connectivity index (χ0n) is 12.6. The van der Waals surface area contributed by atoms with E-state index in [1.165, 1.54) is 6.07 Å². The monoisotopic (exact) mass is 350 g/mol. The molecule has 1 saturated heterocycles. The number of rotatable bonds is 5. The van der Waals surface area contributed by atoms with Gasteiger partial charge in [-0.05, 0) is 32.0 Å². The normalized spacial score (nSPS) is 17.6. The van der Waals surface area contributed by atoms with Gasteiger partial charge in [0.25, 0.3) is 0 Å². The molecule has 0 aliphatic carbocycles. The maximum Gasteiger partial charge on any atom is 0.240 e. The van der Waals surface area contributed by atoms with Crippen molar-refractivity contribution in [2.75, 3.05) is 32.8 Å². The average Bonchev–Trinajstić information content (AvgIpc) is 2.49. The first-order valence-electron chi connectivity index (χ1n) is 7.00. The minimum absolute atomic E-state index is 0.0447. The second-order valence-corrected chi connectivity index (χ2v) is 7.99. The Hall–Kier alpha value is -0.730. The third kappa shape index (κ3) is 4.17. The van der Waals surface area contributed by atoms with Gasteiger partial charge in [0.1, 0.15) is 5.82 Å². The van der Waals surface area contributed by atoms with Crippen LogP contribution in [0.2, 0.25) is 5.02 Å². The van der Waals surface area contributed by atoms with E-state index in [0.717, 1.165) is 25.2 Å². The summed E-state index contributed by atoms with van der Waals surface area (Å²) in [5.74, 6) is -0.644. The van der Waals surface area contributed by atoms with Crippen LogP contribution in [0.3, 0.4) is 0 Å². The van der Waals surface area contributed by atoms with Crippen molar-refractivity contribution in [3.8, 4) is 0 Å². The molecule has 1 aromatic carbocycles. The van der Waals surface area contributed by atoms with Gasteiger partial charge in [-0.15, -0.1) is 0 Å². The summed E-state index contributed by atoms with van der Waals surface area (Å²) in [5, 5.41) is -0.213. The number of nitrogens with one attached hydrogen (secondary N) is 1. The highest BCUT2D eigenvalue weighted by molar-refractivity contribution is 7.89. The van der Waals surface area contributed by atoms with Crippen molar-refractivity contribution in [2.24, 2.45) is 0 Å². The minimum atomic E-state index is -3.73. The lowest BCUT2D eigenvalue weighted by atomic mass is 10.0. The molecule has 0 aromatic heterocycles. The molecule has 2 rings (SSSR count). The summed E-state index contributed by atoms with van der Waals surface area (Å²) in [5.41, 5.74) is -0.347. The fourth-order valence-corrected chi connectivity index (χ4v) is 3.75. The number of halogens is 2. The van der Waals surface area contributed by atoms with Gasteiger partial charge in [-0.1, -0.05) is 11.6 Å². The van der Waals surface area contributed by atoms with E-state index in [0.29, 0.717) is 13.2 Å². The molecular weight excluding hydrogens is 331 g/mol. The molecule has 22 heavy (non-hydrogen) atoms. The number of morpholine rings is 1. The van der Waals surface area contributed by atoms with E-state index in [9.17, 15) is 12.8 Å². The predicted octanol–water partition coefficient (Wildman–Crippen LogP) is 1.87. The van der Waals surface area contributed by atoms with Gasteiger partial charge < -0.3 is 4.74 Å². The average molecular weight is 351 g/mol. The molecule has 1 heterocycles.